The molecule has 2 aliphatic rings. The van der Waals surface area contributed by atoms with Crippen LogP contribution in [0.25, 0.3) is 0 Å². The molecule has 0 saturated carbocycles. The van der Waals surface area contributed by atoms with Crippen LogP contribution in [0.5, 0.6) is 0 Å². The van der Waals surface area contributed by atoms with Gasteiger partial charge in [0, 0.05) is 45.4 Å². The molecular weight excluding hydrogens is 346 g/mol. The number of nitrogens with zero attached hydrogens (tertiary/aromatic N) is 5. The summed E-state index contributed by atoms with van der Waals surface area (Å²) in [6.07, 6.45) is 4.91. The van der Waals surface area contributed by atoms with Crippen LogP contribution in [0.4, 0.5) is 5.69 Å². The molecule has 27 heavy (non-hydrogen) atoms. The second kappa shape index (κ2) is 9.32. The summed E-state index contributed by atoms with van der Waals surface area (Å²) in [4.78, 5) is 31.3. The molecule has 8 heteroatoms. The first-order valence-corrected chi connectivity index (χ1v) is 9.97. The molecule has 150 valence electrons. The highest BCUT2D eigenvalue weighted by atomic mass is 16.5. The van der Waals surface area contributed by atoms with Crippen LogP contribution < -0.4 is 10.5 Å². The Morgan fingerprint density at radius 3 is 2.85 bits per heavy atom. The molecule has 2 saturated heterocycles. The Bertz CT molecular complexity index is 686. The third kappa shape index (κ3) is 5.29. The van der Waals surface area contributed by atoms with Crippen LogP contribution in [0, 0.1) is 0 Å². The van der Waals surface area contributed by atoms with E-state index in [0.29, 0.717) is 13.1 Å². The summed E-state index contributed by atoms with van der Waals surface area (Å²) < 4.78 is 6.88. The van der Waals surface area contributed by atoms with Crippen molar-refractivity contribution in [3.8, 4) is 0 Å². The first-order valence-electron chi connectivity index (χ1n) is 9.97. The number of aromatic nitrogens is 2. The smallest absolute Gasteiger partial charge is 0.269 e. The molecule has 3 rings (SSSR count). The van der Waals surface area contributed by atoms with Crippen LogP contribution in [-0.4, -0.2) is 84.5 Å². The lowest BCUT2D eigenvalue weighted by Crippen LogP contribution is -2.41. The fraction of sp³-hybridized carbons (Fsp3) is 0.737. The van der Waals surface area contributed by atoms with Crippen LogP contribution in [0.1, 0.15) is 26.2 Å². The highest BCUT2D eigenvalue weighted by Gasteiger charge is 2.22. The van der Waals surface area contributed by atoms with Crippen LogP contribution >= 0.6 is 0 Å². The van der Waals surface area contributed by atoms with Gasteiger partial charge in [0.2, 0.25) is 5.91 Å². The maximum absolute atomic E-state index is 12.6. The zero-order valence-electron chi connectivity index (χ0n) is 16.5. The van der Waals surface area contributed by atoms with E-state index in [2.05, 4.69) is 21.9 Å². The van der Waals surface area contributed by atoms with Crippen molar-refractivity contribution in [2.45, 2.75) is 38.8 Å². The quantitative estimate of drug-likeness (QED) is 0.715. The third-order valence-electron chi connectivity index (χ3n) is 5.41. The summed E-state index contributed by atoms with van der Waals surface area (Å²) in [5.41, 5.74) is 0.609. The molecule has 0 unspecified atom stereocenters. The molecule has 0 aliphatic carbocycles. The molecule has 2 fully saturated rings. The number of hydrogen-bond acceptors (Lipinski definition) is 6. The minimum Gasteiger partial charge on any atom is -0.376 e. The van der Waals surface area contributed by atoms with Gasteiger partial charge in [-0.25, -0.2) is 4.68 Å². The van der Waals surface area contributed by atoms with E-state index in [1.54, 1.807) is 17.2 Å². The average Bonchev–Trinajstić information content (AvgIpc) is 3.08. The minimum absolute atomic E-state index is 0.0254. The van der Waals surface area contributed by atoms with Crippen molar-refractivity contribution in [1.82, 2.24) is 19.6 Å². The van der Waals surface area contributed by atoms with Gasteiger partial charge in [0.15, 0.2) is 0 Å². The molecule has 0 N–H and O–H groups in total. The van der Waals surface area contributed by atoms with Gasteiger partial charge < -0.3 is 19.4 Å². The number of rotatable bonds is 6. The van der Waals surface area contributed by atoms with Gasteiger partial charge in [0.1, 0.15) is 6.54 Å². The first kappa shape index (κ1) is 19.8. The van der Waals surface area contributed by atoms with Crippen molar-refractivity contribution >= 4 is 11.6 Å². The largest absolute Gasteiger partial charge is 0.376 e. The number of hydrogen-bond donors (Lipinski definition) is 0. The van der Waals surface area contributed by atoms with Gasteiger partial charge in [0.25, 0.3) is 5.56 Å². The number of carbonyl (C=O) groups is 1. The predicted octanol–water partition coefficient (Wildman–Crippen LogP) is 0.413. The second-order valence-electron chi connectivity index (χ2n) is 7.42. The molecule has 8 nitrogen and oxygen atoms in total. The van der Waals surface area contributed by atoms with Crippen LogP contribution in [0.2, 0.25) is 0 Å². The van der Waals surface area contributed by atoms with Crippen molar-refractivity contribution in [3.63, 3.8) is 0 Å². The average molecular weight is 377 g/mol. The SMILES string of the molecule is CCN(C[C@@H]1CCCO1)C(=O)Cn1ncc(N2CCCN(C)CC2)cc1=O. The van der Waals surface area contributed by atoms with E-state index in [1.165, 1.54) is 4.68 Å². The summed E-state index contributed by atoms with van der Waals surface area (Å²) in [5.74, 6) is -0.0910. The van der Waals surface area contributed by atoms with Crippen molar-refractivity contribution in [2.75, 3.05) is 57.8 Å². The Balaban J connectivity index is 1.62. The Kier molecular flexibility index (Phi) is 6.84. The summed E-state index contributed by atoms with van der Waals surface area (Å²) >= 11 is 0. The van der Waals surface area contributed by atoms with Gasteiger partial charge >= 0.3 is 0 Å². The maximum Gasteiger partial charge on any atom is 0.269 e. The molecule has 0 bridgehead atoms. The van der Waals surface area contributed by atoms with Crippen LogP contribution in [0.3, 0.4) is 0 Å². The zero-order chi connectivity index (χ0) is 19.2. The Morgan fingerprint density at radius 2 is 2.15 bits per heavy atom. The third-order valence-corrected chi connectivity index (χ3v) is 5.41. The summed E-state index contributed by atoms with van der Waals surface area (Å²) in [6.45, 7) is 7.71. The van der Waals surface area contributed by atoms with E-state index in [1.807, 2.05) is 6.92 Å². The molecule has 1 aromatic rings. The molecular formula is C19H31N5O3. The monoisotopic (exact) mass is 377 g/mol. The lowest BCUT2D eigenvalue weighted by molar-refractivity contribution is -0.133. The maximum atomic E-state index is 12.6. The molecule has 2 aliphatic heterocycles. The fourth-order valence-electron chi connectivity index (χ4n) is 3.69. The molecule has 3 heterocycles. The van der Waals surface area contributed by atoms with Gasteiger partial charge in [0.05, 0.1) is 18.0 Å². The highest BCUT2D eigenvalue weighted by molar-refractivity contribution is 5.75. The minimum atomic E-state index is -0.230. The van der Waals surface area contributed by atoms with Gasteiger partial charge in [-0.2, -0.15) is 5.10 Å². The normalized spacial score (nSPS) is 21.3. The number of amides is 1. The Hall–Kier alpha value is -1.93. The lowest BCUT2D eigenvalue weighted by atomic mass is 10.2. The summed E-state index contributed by atoms with van der Waals surface area (Å²) in [7, 11) is 2.11. The topological polar surface area (TPSA) is 70.9 Å². The highest BCUT2D eigenvalue weighted by Crippen LogP contribution is 2.14. The Labute approximate surface area is 160 Å². The number of carbonyl (C=O) groups excluding carboxylic acids is 1. The predicted molar refractivity (Wildman–Crippen MR) is 104 cm³/mol. The van der Waals surface area contributed by atoms with Crippen molar-refractivity contribution in [1.29, 1.82) is 0 Å². The van der Waals surface area contributed by atoms with Gasteiger partial charge in [-0.05, 0) is 39.8 Å². The second-order valence-corrected chi connectivity index (χ2v) is 7.42. The molecule has 0 spiro atoms. The van der Waals surface area contributed by atoms with E-state index < -0.39 is 0 Å². The molecule has 0 aromatic carbocycles. The van der Waals surface area contributed by atoms with Gasteiger partial charge in [-0.3, -0.25) is 9.59 Å². The van der Waals surface area contributed by atoms with Crippen molar-refractivity contribution < 1.29 is 9.53 Å². The summed E-state index contributed by atoms with van der Waals surface area (Å²) in [6, 6.07) is 1.60. The molecule has 1 atom stereocenters. The molecule has 0 radical (unpaired) electrons. The molecule has 1 aromatic heterocycles. The standard InChI is InChI=1S/C19H31N5O3/c1-3-22(14-17-6-4-11-27-17)19(26)15-24-18(25)12-16(13-20-24)23-8-5-7-21(2)9-10-23/h12-13,17H,3-11,14-15H2,1-2H3/t17-/m0/s1. The lowest BCUT2D eigenvalue weighted by Gasteiger charge is -2.24. The van der Waals surface area contributed by atoms with E-state index in [9.17, 15) is 9.59 Å². The summed E-state index contributed by atoms with van der Waals surface area (Å²) in [5, 5.41) is 4.26. The first-order chi connectivity index (χ1) is 13.1. The van der Waals surface area contributed by atoms with E-state index in [-0.39, 0.29) is 24.1 Å². The van der Waals surface area contributed by atoms with E-state index >= 15 is 0 Å². The van der Waals surface area contributed by atoms with Gasteiger partial charge in [-0.1, -0.05) is 0 Å². The fourth-order valence-corrected chi connectivity index (χ4v) is 3.69. The molecule has 1 amide bonds. The zero-order valence-corrected chi connectivity index (χ0v) is 16.5. The Morgan fingerprint density at radius 1 is 1.30 bits per heavy atom. The number of ether oxygens (including phenoxy) is 1. The van der Waals surface area contributed by atoms with Crippen molar-refractivity contribution in [3.05, 3.63) is 22.6 Å². The number of anilines is 1. The van der Waals surface area contributed by atoms with Crippen LogP contribution in [-0.2, 0) is 16.1 Å². The van der Waals surface area contributed by atoms with Crippen LogP contribution in [0.15, 0.2) is 17.1 Å². The van der Waals surface area contributed by atoms with Crippen molar-refractivity contribution in [2.24, 2.45) is 0 Å². The van der Waals surface area contributed by atoms with E-state index in [4.69, 9.17) is 4.74 Å². The van der Waals surface area contributed by atoms with E-state index in [0.717, 1.165) is 57.7 Å². The van der Waals surface area contributed by atoms with Gasteiger partial charge in [-0.15, -0.1) is 0 Å². The number of likely N-dealkylation sites (N-methyl/N-ethyl adjacent to an activating group) is 2.